The number of hydrogen-bond donors (Lipinski definition) is 1. The van der Waals surface area contributed by atoms with Gasteiger partial charge in [-0.3, -0.25) is 9.69 Å². The summed E-state index contributed by atoms with van der Waals surface area (Å²) in [7, 11) is 3.99. The number of carbonyl (C=O) groups excluding carboxylic acids is 1. The molecule has 138 valence electrons. The van der Waals surface area contributed by atoms with Crippen molar-refractivity contribution in [3.05, 3.63) is 64.7 Å². The van der Waals surface area contributed by atoms with Crippen molar-refractivity contribution in [2.45, 2.75) is 25.4 Å². The maximum atomic E-state index is 12.4. The van der Waals surface area contributed by atoms with Crippen LogP contribution in [0.1, 0.15) is 28.8 Å². The quantitative estimate of drug-likeness (QED) is 0.868. The molecule has 0 aromatic heterocycles. The van der Waals surface area contributed by atoms with Crippen molar-refractivity contribution in [2.75, 3.05) is 32.1 Å². The second-order valence-corrected chi connectivity index (χ2v) is 7.53. The zero-order valence-corrected chi connectivity index (χ0v) is 16.2. The average molecular weight is 372 g/mol. The third-order valence-corrected chi connectivity index (χ3v) is 5.14. The third kappa shape index (κ3) is 4.99. The molecule has 3 rings (SSSR count). The molecule has 1 saturated heterocycles. The van der Waals surface area contributed by atoms with E-state index in [9.17, 15) is 4.79 Å². The van der Waals surface area contributed by atoms with Gasteiger partial charge < -0.3 is 10.2 Å². The monoisotopic (exact) mass is 371 g/mol. The van der Waals surface area contributed by atoms with E-state index in [1.165, 1.54) is 5.56 Å². The van der Waals surface area contributed by atoms with Crippen molar-refractivity contribution in [3.8, 4) is 0 Å². The van der Waals surface area contributed by atoms with Gasteiger partial charge in [-0.1, -0.05) is 23.7 Å². The Morgan fingerprint density at radius 2 is 1.69 bits per heavy atom. The second-order valence-electron chi connectivity index (χ2n) is 7.09. The molecule has 1 heterocycles. The molecular formula is C21H26ClN3O. The molecule has 0 radical (unpaired) electrons. The Bertz CT molecular complexity index is 720. The minimum Gasteiger partial charge on any atom is -0.378 e. The summed E-state index contributed by atoms with van der Waals surface area (Å²) in [6, 6.07) is 16.0. The summed E-state index contributed by atoms with van der Waals surface area (Å²) < 4.78 is 0. The van der Waals surface area contributed by atoms with Crippen LogP contribution in [0.2, 0.25) is 5.02 Å². The van der Waals surface area contributed by atoms with E-state index < -0.39 is 0 Å². The number of nitrogens with one attached hydrogen (secondary N) is 1. The van der Waals surface area contributed by atoms with E-state index in [0.29, 0.717) is 0 Å². The smallest absolute Gasteiger partial charge is 0.251 e. The summed E-state index contributed by atoms with van der Waals surface area (Å²) in [4.78, 5) is 16.9. The van der Waals surface area contributed by atoms with Gasteiger partial charge in [-0.15, -0.1) is 0 Å². The van der Waals surface area contributed by atoms with Gasteiger partial charge in [0.1, 0.15) is 0 Å². The minimum absolute atomic E-state index is 0.0199. The van der Waals surface area contributed by atoms with Crippen molar-refractivity contribution < 1.29 is 4.79 Å². The topological polar surface area (TPSA) is 35.6 Å². The summed E-state index contributed by atoms with van der Waals surface area (Å²) in [6.07, 6.45) is 1.96. The normalized spacial score (nSPS) is 15.7. The first-order chi connectivity index (χ1) is 12.5. The van der Waals surface area contributed by atoms with E-state index in [2.05, 4.69) is 22.3 Å². The lowest BCUT2D eigenvalue weighted by molar-refractivity contribution is 0.0909. The maximum Gasteiger partial charge on any atom is 0.251 e. The van der Waals surface area contributed by atoms with Crippen LogP contribution in [0.25, 0.3) is 0 Å². The van der Waals surface area contributed by atoms with Crippen LogP contribution in [0.4, 0.5) is 5.69 Å². The highest BCUT2D eigenvalue weighted by Gasteiger charge is 2.21. The summed E-state index contributed by atoms with van der Waals surface area (Å²) in [5, 5.41) is 3.95. The van der Waals surface area contributed by atoms with Crippen LogP contribution in [0.15, 0.2) is 48.5 Å². The average Bonchev–Trinajstić information content (AvgIpc) is 2.65. The van der Waals surface area contributed by atoms with Gasteiger partial charge in [0.15, 0.2) is 0 Å². The molecule has 5 heteroatoms. The van der Waals surface area contributed by atoms with Crippen molar-refractivity contribution in [1.82, 2.24) is 10.2 Å². The molecule has 0 atom stereocenters. The van der Waals surface area contributed by atoms with Crippen molar-refractivity contribution >= 4 is 23.2 Å². The minimum atomic E-state index is 0.0199. The van der Waals surface area contributed by atoms with Crippen LogP contribution in [0, 0.1) is 0 Å². The second kappa shape index (κ2) is 8.56. The van der Waals surface area contributed by atoms with Crippen LogP contribution in [0.3, 0.4) is 0 Å². The zero-order valence-electron chi connectivity index (χ0n) is 15.4. The lowest BCUT2D eigenvalue weighted by atomic mass is 10.0. The summed E-state index contributed by atoms with van der Waals surface area (Å²) in [5.74, 6) is 0.0199. The first-order valence-corrected chi connectivity index (χ1v) is 9.44. The van der Waals surface area contributed by atoms with Crippen LogP contribution in [-0.4, -0.2) is 44.0 Å². The largest absolute Gasteiger partial charge is 0.378 e. The number of amides is 1. The molecule has 0 unspecified atom stereocenters. The van der Waals surface area contributed by atoms with Gasteiger partial charge >= 0.3 is 0 Å². The fourth-order valence-corrected chi connectivity index (χ4v) is 3.39. The molecule has 1 fully saturated rings. The predicted octanol–water partition coefficient (Wildman–Crippen LogP) is 3.80. The lowest BCUT2D eigenvalue weighted by Crippen LogP contribution is -2.44. The molecule has 0 saturated carbocycles. The Kier molecular flexibility index (Phi) is 6.17. The standard InChI is InChI=1S/C21H26ClN3O/c1-24(2)20-9-5-17(6-10-20)21(26)23-19-11-13-25(14-12-19)15-16-3-7-18(22)8-4-16/h3-10,19H,11-15H2,1-2H3,(H,23,26). The highest BCUT2D eigenvalue weighted by Crippen LogP contribution is 2.17. The first-order valence-electron chi connectivity index (χ1n) is 9.06. The number of anilines is 1. The highest BCUT2D eigenvalue weighted by molar-refractivity contribution is 6.30. The molecule has 1 N–H and O–H groups in total. The highest BCUT2D eigenvalue weighted by atomic mass is 35.5. The molecule has 4 nitrogen and oxygen atoms in total. The molecule has 1 amide bonds. The van der Waals surface area contributed by atoms with Crippen LogP contribution < -0.4 is 10.2 Å². The van der Waals surface area contributed by atoms with Crippen molar-refractivity contribution in [2.24, 2.45) is 0 Å². The van der Waals surface area contributed by atoms with E-state index >= 15 is 0 Å². The number of benzene rings is 2. The molecule has 0 bridgehead atoms. The maximum absolute atomic E-state index is 12.4. The van der Waals surface area contributed by atoms with E-state index in [1.807, 2.05) is 55.4 Å². The number of nitrogens with zero attached hydrogens (tertiary/aromatic N) is 2. The molecule has 2 aromatic carbocycles. The van der Waals surface area contributed by atoms with Gasteiger partial charge in [0.25, 0.3) is 5.91 Å². The van der Waals surface area contributed by atoms with Crippen molar-refractivity contribution in [3.63, 3.8) is 0 Å². The Balaban J connectivity index is 1.47. The number of likely N-dealkylation sites (tertiary alicyclic amines) is 1. The van der Waals surface area contributed by atoms with E-state index in [4.69, 9.17) is 11.6 Å². The van der Waals surface area contributed by atoms with E-state index in [1.54, 1.807) is 0 Å². The predicted molar refractivity (Wildman–Crippen MR) is 108 cm³/mol. The van der Waals surface area contributed by atoms with E-state index in [0.717, 1.165) is 48.7 Å². The van der Waals surface area contributed by atoms with Gasteiger partial charge in [0.2, 0.25) is 0 Å². The van der Waals surface area contributed by atoms with E-state index in [-0.39, 0.29) is 11.9 Å². The number of rotatable bonds is 5. The first kappa shape index (κ1) is 18.7. The number of carbonyl (C=O) groups is 1. The molecule has 1 aliphatic rings. The summed E-state index contributed by atoms with van der Waals surface area (Å²) in [5.41, 5.74) is 3.09. The molecule has 0 spiro atoms. The fraction of sp³-hybridized carbons (Fsp3) is 0.381. The Morgan fingerprint density at radius 1 is 1.08 bits per heavy atom. The number of halogens is 1. The Morgan fingerprint density at radius 3 is 2.27 bits per heavy atom. The van der Waals surface area contributed by atoms with Crippen LogP contribution in [-0.2, 0) is 6.54 Å². The van der Waals surface area contributed by atoms with Crippen LogP contribution in [0.5, 0.6) is 0 Å². The Hall–Kier alpha value is -2.04. The number of hydrogen-bond acceptors (Lipinski definition) is 3. The molecule has 1 aliphatic heterocycles. The molecule has 0 aliphatic carbocycles. The van der Waals surface area contributed by atoms with Gasteiger partial charge in [-0.2, -0.15) is 0 Å². The van der Waals surface area contributed by atoms with Crippen LogP contribution >= 0.6 is 11.6 Å². The molecule has 26 heavy (non-hydrogen) atoms. The number of piperidine rings is 1. The van der Waals surface area contributed by atoms with Gasteiger partial charge in [0, 0.05) is 56.0 Å². The van der Waals surface area contributed by atoms with Gasteiger partial charge in [-0.25, -0.2) is 0 Å². The molecule has 2 aromatic rings. The third-order valence-electron chi connectivity index (χ3n) is 4.89. The summed E-state index contributed by atoms with van der Waals surface area (Å²) in [6.45, 7) is 2.92. The SMILES string of the molecule is CN(C)c1ccc(C(=O)NC2CCN(Cc3ccc(Cl)cc3)CC2)cc1. The van der Waals surface area contributed by atoms with Gasteiger partial charge in [-0.05, 0) is 54.8 Å². The fourth-order valence-electron chi connectivity index (χ4n) is 3.26. The van der Waals surface area contributed by atoms with Crippen molar-refractivity contribution in [1.29, 1.82) is 0 Å². The lowest BCUT2D eigenvalue weighted by Gasteiger charge is -2.32. The molecular weight excluding hydrogens is 346 g/mol. The summed E-state index contributed by atoms with van der Waals surface area (Å²) >= 11 is 5.94. The Labute approximate surface area is 160 Å². The van der Waals surface area contributed by atoms with Gasteiger partial charge in [0.05, 0.1) is 0 Å². The zero-order chi connectivity index (χ0) is 18.5.